The van der Waals surface area contributed by atoms with Crippen LogP contribution in [-0.2, 0) is 14.8 Å². The molecule has 0 radical (unpaired) electrons. The number of hydrogen-bond acceptors (Lipinski definition) is 3. The summed E-state index contributed by atoms with van der Waals surface area (Å²) in [6, 6.07) is 7.55. The third-order valence-electron chi connectivity index (χ3n) is 3.00. The average molecular weight is 298 g/mol. The standard InChI is InChI=1S/C14H22N2O3S/c1-11(2)12-7-5-6-8-13(12)15-14(17)9-10-20(18,19)16(3)4/h5-8,11H,9-10H2,1-4H3,(H,15,17). The van der Waals surface area contributed by atoms with Crippen LogP contribution in [0.1, 0.15) is 31.7 Å². The maximum absolute atomic E-state index is 11.9. The molecule has 0 bridgehead atoms. The number of nitrogens with one attached hydrogen (secondary N) is 1. The number of anilines is 1. The Hall–Kier alpha value is -1.40. The van der Waals surface area contributed by atoms with Gasteiger partial charge in [-0.25, -0.2) is 12.7 Å². The number of amides is 1. The molecule has 1 rings (SSSR count). The topological polar surface area (TPSA) is 66.5 Å². The van der Waals surface area contributed by atoms with Crippen LogP contribution in [-0.4, -0.2) is 38.5 Å². The van der Waals surface area contributed by atoms with Crippen LogP contribution < -0.4 is 5.32 Å². The van der Waals surface area contributed by atoms with Crippen LogP contribution >= 0.6 is 0 Å². The zero-order chi connectivity index (χ0) is 15.3. The van der Waals surface area contributed by atoms with E-state index in [2.05, 4.69) is 5.32 Å². The van der Waals surface area contributed by atoms with Crippen molar-refractivity contribution in [2.24, 2.45) is 0 Å². The van der Waals surface area contributed by atoms with E-state index in [-0.39, 0.29) is 24.0 Å². The summed E-state index contributed by atoms with van der Waals surface area (Å²) in [6.07, 6.45) is -0.0487. The molecule has 1 amide bonds. The summed E-state index contributed by atoms with van der Waals surface area (Å²) in [5, 5.41) is 2.78. The molecular formula is C14H22N2O3S. The van der Waals surface area contributed by atoms with Gasteiger partial charge in [0.2, 0.25) is 15.9 Å². The van der Waals surface area contributed by atoms with Crippen molar-refractivity contribution in [3.63, 3.8) is 0 Å². The molecule has 5 nitrogen and oxygen atoms in total. The third-order valence-corrected chi connectivity index (χ3v) is 4.83. The van der Waals surface area contributed by atoms with E-state index in [1.165, 1.54) is 14.1 Å². The van der Waals surface area contributed by atoms with Crippen molar-refractivity contribution in [1.29, 1.82) is 0 Å². The fourth-order valence-electron chi connectivity index (χ4n) is 1.73. The lowest BCUT2D eigenvalue weighted by atomic mass is 10.0. The van der Waals surface area contributed by atoms with Gasteiger partial charge >= 0.3 is 0 Å². The van der Waals surface area contributed by atoms with Gasteiger partial charge in [-0.3, -0.25) is 4.79 Å². The Labute approximate surface area is 121 Å². The second-order valence-electron chi connectivity index (χ2n) is 5.14. The molecule has 0 heterocycles. The summed E-state index contributed by atoms with van der Waals surface area (Å²) in [7, 11) is -0.420. The Kier molecular flexibility index (Phi) is 5.71. The number of carbonyl (C=O) groups is 1. The van der Waals surface area contributed by atoms with Crippen LogP contribution in [0.3, 0.4) is 0 Å². The van der Waals surface area contributed by atoms with Crippen LogP contribution in [0, 0.1) is 0 Å². The lowest BCUT2D eigenvalue weighted by molar-refractivity contribution is -0.115. The van der Waals surface area contributed by atoms with E-state index in [4.69, 9.17) is 0 Å². The Balaban J connectivity index is 2.69. The van der Waals surface area contributed by atoms with Crippen LogP contribution in [0.25, 0.3) is 0 Å². The quantitative estimate of drug-likeness (QED) is 0.874. The molecule has 20 heavy (non-hydrogen) atoms. The second kappa shape index (κ2) is 6.85. The molecule has 0 aliphatic heterocycles. The monoisotopic (exact) mass is 298 g/mol. The van der Waals surface area contributed by atoms with Gasteiger partial charge in [-0.2, -0.15) is 0 Å². The first-order valence-electron chi connectivity index (χ1n) is 6.53. The highest BCUT2D eigenvalue weighted by atomic mass is 32.2. The molecule has 0 saturated heterocycles. The van der Waals surface area contributed by atoms with E-state index in [0.717, 1.165) is 15.6 Å². The highest BCUT2D eigenvalue weighted by Gasteiger charge is 2.16. The number of rotatable bonds is 6. The van der Waals surface area contributed by atoms with Gasteiger partial charge in [-0.1, -0.05) is 32.0 Å². The maximum Gasteiger partial charge on any atom is 0.225 e. The largest absolute Gasteiger partial charge is 0.326 e. The lowest BCUT2D eigenvalue weighted by Gasteiger charge is -2.14. The molecule has 0 spiro atoms. The molecule has 112 valence electrons. The van der Waals surface area contributed by atoms with Crippen molar-refractivity contribution in [1.82, 2.24) is 4.31 Å². The molecule has 1 aromatic carbocycles. The smallest absolute Gasteiger partial charge is 0.225 e. The highest BCUT2D eigenvalue weighted by molar-refractivity contribution is 7.89. The van der Waals surface area contributed by atoms with Crippen molar-refractivity contribution in [2.75, 3.05) is 25.2 Å². The molecule has 0 atom stereocenters. The molecule has 0 saturated carbocycles. The molecule has 1 aromatic rings. The van der Waals surface area contributed by atoms with Crippen molar-refractivity contribution < 1.29 is 13.2 Å². The van der Waals surface area contributed by atoms with E-state index in [0.29, 0.717) is 0 Å². The third kappa shape index (κ3) is 4.61. The summed E-state index contributed by atoms with van der Waals surface area (Å²) in [4.78, 5) is 11.9. The van der Waals surface area contributed by atoms with E-state index < -0.39 is 10.0 Å². The number of benzene rings is 1. The minimum absolute atomic E-state index is 0.0487. The van der Waals surface area contributed by atoms with Gasteiger partial charge < -0.3 is 5.32 Å². The highest BCUT2D eigenvalue weighted by Crippen LogP contribution is 2.23. The summed E-state index contributed by atoms with van der Waals surface area (Å²) in [5.41, 5.74) is 1.78. The maximum atomic E-state index is 11.9. The van der Waals surface area contributed by atoms with Crippen LogP contribution in [0.5, 0.6) is 0 Å². The Morgan fingerprint density at radius 3 is 2.40 bits per heavy atom. The van der Waals surface area contributed by atoms with Crippen molar-refractivity contribution in [3.8, 4) is 0 Å². The number of hydrogen-bond donors (Lipinski definition) is 1. The fourth-order valence-corrected chi connectivity index (χ4v) is 2.54. The van der Waals surface area contributed by atoms with Gasteiger partial charge in [0.1, 0.15) is 0 Å². The van der Waals surface area contributed by atoms with E-state index >= 15 is 0 Å². The molecular weight excluding hydrogens is 276 g/mol. The number of nitrogens with zero attached hydrogens (tertiary/aromatic N) is 1. The first-order chi connectivity index (χ1) is 9.24. The van der Waals surface area contributed by atoms with Crippen molar-refractivity contribution in [3.05, 3.63) is 29.8 Å². The van der Waals surface area contributed by atoms with Crippen LogP contribution in [0.4, 0.5) is 5.69 Å². The van der Waals surface area contributed by atoms with Gasteiger partial charge in [-0.05, 0) is 17.5 Å². The Morgan fingerprint density at radius 2 is 1.85 bits per heavy atom. The first-order valence-corrected chi connectivity index (χ1v) is 8.14. The summed E-state index contributed by atoms with van der Waals surface area (Å²) in [5.74, 6) is -0.184. The number of carbonyl (C=O) groups excluding carboxylic acids is 1. The van der Waals surface area contributed by atoms with Gasteiger partial charge in [0.05, 0.1) is 5.75 Å². The Bertz CT molecular complexity index is 566. The molecule has 0 unspecified atom stereocenters. The number of sulfonamides is 1. The molecule has 0 aromatic heterocycles. The minimum atomic E-state index is -3.34. The first kappa shape index (κ1) is 16.7. The van der Waals surface area contributed by atoms with Crippen molar-refractivity contribution >= 4 is 21.6 Å². The molecule has 0 aliphatic carbocycles. The normalized spacial score (nSPS) is 11.9. The average Bonchev–Trinajstić information content (AvgIpc) is 2.36. The van der Waals surface area contributed by atoms with E-state index in [1.807, 2.05) is 38.1 Å². The van der Waals surface area contributed by atoms with Crippen LogP contribution in [0.15, 0.2) is 24.3 Å². The summed E-state index contributed by atoms with van der Waals surface area (Å²) >= 11 is 0. The van der Waals surface area contributed by atoms with E-state index in [1.54, 1.807) is 0 Å². The SMILES string of the molecule is CC(C)c1ccccc1NC(=O)CCS(=O)(=O)N(C)C. The van der Waals surface area contributed by atoms with Gasteiger partial charge in [-0.15, -0.1) is 0 Å². The number of para-hydroxylation sites is 1. The molecule has 1 N–H and O–H groups in total. The molecule has 0 fully saturated rings. The van der Waals surface area contributed by atoms with Gasteiger partial charge in [0.25, 0.3) is 0 Å². The predicted molar refractivity (Wildman–Crippen MR) is 81.3 cm³/mol. The zero-order valence-corrected chi connectivity index (χ0v) is 13.2. The van der Waals surface area contributed by atoms with E-state index in [9.17, 15) is 13.2 Å². The second-order valence-corrected chi connectivity index (χ2v) is 7.44. The van der Waals surface area contributed by atoms with Crippen LogP contribution in [0.2, 0.25) is 0 Å². The van der Waals surface area contributed by atoms with Crippen molar-refractivity contribution in [2.45, 2.75) is 26.2 Å². The zero-order valence-electron chi connectivity index (χ0n) is 12.4. The fraction of sp³-hybridized carbons (Fsp3) is 0.500. The minimum Gasteiger partial charge on any atom is -0.326 e. The molecule has 0 aliphatic rings. The summed E-state index contributed by atoms with van der Waals surface area (Å²) < 4.78 is 24.3. The van der Waals surface area contributed by atoms with Gasteiger partial charge in [0.15, 0.2) is 0 Å². The lowest BCUT2D eigenvalue weighted by Crippen LogP contribution is -2.27. The van der Waals surface area contributed by atoms with Gasteiger partial charge in [0, 0.05) is 26.2 Å². The summed E-state index contributed by atoms with van der Waals surface area (Å²) in [6.45, 7) is 4.09. The Morgan fingerprint density at radius 1 is 1.25 bits per heavy atom. The predicted octanol–water partition coefficient (Wildman–Crippen LogP) is 2.03. The molecule has 6 heteroatoms.